The second-order valence-corrected chi connectivity index (χ2v) is 7.16. The van der Waals surface area contributed by atoms with Gasteiger partial charge in [0.1, 0.15) is 0 Å². The molecule has 0 radical (unpaired) electrons. The summed E-state index contributed by atoms with van der Waals surface area (Å²) in [6, 6.07) is 10.2. The summed E-state index contributed by atoms with van der Waals surface area (Å²) in [5.74, 6) is 0.628. The molecule has 1 aromatic carbocycles. The first-order chi connectivity index (χ1) is 11.7. The van der Waals surface area contributed by atoms with Crippen molar-refractivity contribution in [1.29, 1.82) is 0 Å². The van der Waals surface area contributed by atoms with Gasteiger partial charge in [-0.05, 0) is 12.0 Å². The first kappa shape index (κ1) is 19.6. The van der Waals surface area contributed by atoms with Crippen LogP contribution >= 0.6 is 0 Å². The summed E-state index contributed by atoms with van der Waals surface area (Å²) in [5.41, 5.74) is 1.13. The fraction of sp³-hybridized carbons (Fsp3) is 0.611. The van der Waals surface area contributed by atoms with Crippen molar-refractivity contribution in [1.82, 2.24) is 15.5 Å². The van der Waals surface area contributed by atoms with Crippen molar-refractivity contribution in [2.24, 2.45) is 4.99 Å². The molecule has 1 atom stereocenters. The first-order valence-electron chi connectivity index (χ1n) is 8.51. The van der Waals surface area contributed by atoms with E-state index in [4.69, 9.17) is 0 Å². The van der Waals surface area contributed by atoms with Gasteiger partial charge in [0.15, 0.2) is 5.96 Å². The average molecular weight is 356 g/mol. The maximum atomic E-state index is 12.5. The number of likely N-dealkylation sites (tertiary alicyclic amines) is 1. The van der Waals surface area contributed by atoms with E-state index in [-0.39, 0.29) is 11.5 Å². The third-order valence-corrected chi connectivity index (χ3v) is 4.49. The van der Waals surface area contributed by atoms with Gasteiger partial charge in [-0.3, -0.25) is 9.89 Å². The molecule has 140 valence electrons. The van der Waals surface area contributed by atoms with Crippen LogP contribution in [0.5, 0.6) is 0 Å². The molecule has 7 heteroatoms. The molecular formula is C18H27F3N4. The van der Waals surface area contributed by atoms with E-state index in [0.717, 1.165) is 0 Å². The number of guanidine groups is 1. The summed E-state index contributed by atoms with van der Waals surface area (Å²) in [6.45, 7) is 4.94. The van der Waals surface area contributed by atoms with E-state index < -0.39 is 12.7 Å². The third-order valence-electron chi connectivity index (χ3n) is 4.49. The van der Waals surface area contributed by atoms with Gasteiger partial charge in [-0.1, -0.05) is 44.2 Å². The molecule has 1 saturated heterocycles. The Hall–Kier alpha value is -1.76. The van der Waals surface area contributed by atoms with Crippen LogP contribution < -0.4 is 10.6 Å². The van der Waals surface area contributed by atoms with Gasteiger partial charge in [0, 0.05) is 38.1 Å². The zero-order chi connectivity index (χ0) is 18.5. The maximum absolute atomic E-state index is 12.5. The molecule has 4 nitrogen and oxygen atoms in total. The Kier molecular flexibility index (Phi) is 6.32. The van der Waals surface area contributed by atoms with Crippen LogP contribution in [-0.4, -0.2) is 56.3 Å². The number of nitrogens with one attached hydrogen (secondary N) is 2. The molecule has 1 fully saturated rings. The lowest BCUT2D eigenvalue weighted by Crippen LogP contribution is -2.48. The number of halogens is 3. The highest BCUT2D eigenvalue weighted by molar-refractivity contribution is 5.80. The molecular weight excluding hydrogens is 329 g/mol. The highest BCUT2D eigenvalue weighted by atomic mass is 19.4. The monoisotopic (exact) mass is 356 g/mol. The quantitative estimate of drug-likeness (QED) is 0.630. The Morgan fingerprint density at radius 3 is 2.52 bits per heavy atom. The molecule has 0 spiro atoms. The van der Waals surface area contributed by atoms with Crippen molar-refractivity contribution in [2.45, 2.75) is 37.9 Å². The van der Waals surface area contributed by atoms with E-state index in [1.165, 1.54) is 10.5 Å². The zero-order valence-corrected chi connectivity index (χ0v) is 15.0. The van der Waals surface area contributed by atoms with Gasteiger partial charge < -0.3 is 10.6 Å². The molecule has 2 N–H and O–H groups in total. The van der Waals surface area contributed by atoms with Gasteiger partial charge in [-0.2, -0.15) is 13.2 Å². The number of benzene rings is 1. The molecule has 1 unspecified atom stereocenters. The van der Waals surface area contributed by atoms with Crippen LogP contribution in [0.15, 0.2) is 35.3 Å². The van der Waals surface area contributed by atoms with E-state index in [2.05, 4.69) is 41.6 Å². The lowest BCUT2D eigenvalue weighted by atomic mass is 9.85. The Morgan fingerprint density at radius 2 is 1.92 bits per heavy atom. The predicted octanol–water partition coefficient (Wildman–Crippen LogP) is 2.77. The van der Waals surface area contributed by atoms with Gasteiger partial charge in [-0.25, -0.2) is 0 Å². The molecule has 1 aliphatic heterocycles. The summed E-state index contributed by atoms with van der Waals surface area (Å²) in [6.07, 6.45) is -3.46. The van der Waals surface area contributed by atoms with Crippen LogP contribution in [0, 0.1) is 0 Å². The number of hydrogen-bond donors (Lipinski definition) is 2. The normalized spacial score (nSPS) is 19.9. The number of nitrogens with zero attached hydrogens (tertiary/aromatic N) is 2. The summed E-state index contributed by atoms with van der Waals surface area (Å²) in [7, 11) is 1.67. The third kappa shape index (κ3) is 6.23. The molecule has 1 aliphatic rings. The average Bonchev–Trinajstić information content (AvgIpc) is 2.97. The molecule has 25 heavy (non-hydrogen) atoms. The lowest BCUT2D eigenvalue weighted by molar-refractivity contribution is -0.143. The predicted molar refractivity (Wildman–Crippen MR) is 94.9 cm³/mol. The Labute approximate surface area is 147 Å². The first-order valence-corrected chi connectivity index (χ1v) is 8.51. The van der Waals surface area contributed by atoms with Crippen LogP contribution in [0.25, 0.3) is 0 Å². The van der Waals surface area contributed by atoms with Crippen LogP contribution in [0.3, 0.4) is 0 Å². The molecule has 0 aliphatic carbocycles. The van der Waals surface area contributed by atoms with Gasteiger partial charge in [0.2, 0.25) is 0 Å². The van der Waals surface area contributed by atoms with Crippen molar-refractivity contribution >= 4 is 5.96 Å². The Morgan fingerprint density at radius 1 is 1.24 bits per heavy atom. The van der Waals surface area contributed by atoms with Crippen LogP contribution in [-0.2, 0) is 5.41 Å². The topological polar surface area (TPSA) is 39.7 Å². The molecule has 1 heterocycles. The van der Waals surface area contributed by atoms with Gasteiger partial charge in [0.25, 0.3) is 0 Å². The Bertz CT molecular complexity index is 569. The van der Waals surface area contributed by atoms with E-state index in [1.54, 1.807) is 7.05 Å². The summed E-state index contributed by atoms with van der Waals surface area (Å²) in [5, 5.41) is 6.53. The molecule has 0 amide bonds. The number of alkyl halides is 3. The van der Waals surface area contributed by atoms with Crippen LogP contribution in [0.1, 0.15) is 25.8 Å². The lowest BCUT2D eigenvalue weighted by Gasteiger charge is -2.27. The summed E-state index contributed by atoms with van der Waals surface area (Å²) in [4.78, 5) is 5.63. The molecule has 1 aromatic rings. The largest absolute Gasteiger partial charge is 0.401 e. The van der Waals surface area contributed by atoms with Crippen molar-refractivity contribution in [3.8, 4) is 0 Å². The molecule has 0 saturated carbocycles. The standard InChI is InChI=1S/C18H27F3N4/c1-17(2,14-7-5-4-6-8-14)12-23-16(22-3)24-15-9-10-25(11-15)13-18(19,20)21/h4-8,15H,9-13H2,1-3H3,(H2,22,23,24). The summed E-state index contributed by atoms with van der Waals surface area (Å²) < 4.78 is 37.4. The second kappa shape index (κ2) is 8.08. The van der Waals surface area contributed by atoms with Crippen molar-refractivity contribution < 1.29 is 13.2 Å². The van der Waals surface area contributed by atoms with Crippen molar-refractivity contribution in [3.63, 3.8) is 0 Å². The highest BCUT2D eigenvalue weighted by Gasteiger charge is 2.34. The van der Waals surface area contributed by atoms with E-state index in [0.29, 0.717) is 32.0 Å². The van der Waals surface area contributed by atoms with E-state index in [1.807, 2.05) is 18.2 Å². The maximum Gasteiger partial charge on any atom is 0.401 e. The number of aliphatic imine (C=N–C) groups is 1. The van der Waals surface area contributed by atoms with E-state index >= 15 is 0 Å². The zero-order valence-electron chi connectivity index (χ0n) is 15.0. The van der Waals surface area contributed by atoms with Crippen LogP contribution in [0.4, 0.5) is 13.2 Å². The minimum absolute atomic E-state index is 0.0200. The van der Waals surface area contributed by atoms with Crippen LogP contribution in [0.2, 0.25) is 0 Å². The molecule has 2 rings (SSSR count). The SMILES string of the molecule is CN=C(NCC(C)(C)c1ccccc1)NC1CCN(CC(F)(F)F)C1. The summed E-state index contributed by atoms with van der Waals surface area (Å²) >= 11 is 0. The van der Waals surface area contributed by atoms with Crippen molar-refractivity contribution in [3.05, 3.63) is 35.9 Å². The Balaban J connectivity index is 1.84. The fourth-order valence-corrected chi connectivity index (χ4v) is 3.03. The second-order valence-electron chi connectivity index (χ2n) is 7.16. The van der Waals surface area contributed by atoms with Gasteiger partial charge >= 0.3 is 6.18 Å². The number of rotatable bonds is 5. The van der Waals surface area contributed by atoms with Crippen molar-refractivity contribution in [2.75, 3.05) is 33.2 Å². The van der Waals surface area contributed by atoms with Gasteiger partial charge in [-0.15, -0.1) is 0 Å². The molecule has 0 bridgehead atoms. The highest BCUT2D eigenvalue weighted by Crippen LogP contribution is 2.22. The minimum atomic E-state index is -4.14. The van der Waals surface area contributed by atoms with Gasteiger partial charge in [0.05, 0.1) is 6.54 Å². The minimum Gasteiger partial charge on any atom is -0.356 e. The number of hydrogen-bond acceptors (Lipinski definition) is 2. The molecule has 0 aromatic heterocycles. The fourth-order valence-electron chi connectivity index (χ4n) is 3.03. The smallest absolute Gasteiger partial charge is 0.356 e. The van der Waals surface area contributed by atoms with E-state index in [9.17, 15) is 13.2 Å².